The van der Waals surface area contributed by atoms with E-state index in [1.165, 1.54) is 60.8 Å². The summed E-state index contributed by atoms with van der Waals surface area (Å²) in [5.74, 6) is 0. The van der Waals surface area contributed by atoms with Gasteiger partial charge >= 0.3 is 18.9 Å². The van der Waals surface area contributed by atoms with Crippen LogP contribution in [0.5, 0.6) is 0 Å². The predicted octanol–water partition coefficient (Wildman–Crippen LogP) is 3.50. The zero-order chi connectivity index (χ0) is 16.5. The minimum absolute atomic E-state index is 0. The van der Waals surface area contributed by atoms with Crippen LogP contribution in [0.25, 0.3) is 11.1 Å². The second-order valence-corrected chi connectivity index (χ2v) is 6.39. The molecule has 0 radical (unpaired) electrons. The predicted molar refractivity (Wildman–Crippen MR) is 103 cm³/mol. The molecule has 122 valence electrons. The summed E-state index contributed by atoms with van der Waals surface area (Å²) in [7, 11) is 0. The summed E-state index contributed by atoms with van der Waals surface area (Å²) in [6, 6.07) is 31.1. The summed E-state index contributed by atoms with van der Waals surface area (Å²) in [6.07, 6.45) is 7.60. The van der Waals surface area contributed by atoms with Gasteiger partial charge < -0.3 is 0 Å². The molecule has 0 heterocycles. The molecule has 0 fully saturated rings. The van der Waals surface area contributed by atoms with Gasteiger partial charge in [-0.1, -0.05) is 73.0 Å². The minimum atomic E-state index is 0. The van der Waals surface area contributed by atoms with E-state index in [0.717, 1.165) is 0 Å². The topological polar surface area (TPSA) is 0 Å². The van der Waals surface area contributed by atoms with E-state index in [-0.39, 0.29) is 18.9 Å². The molecule has 25 heavy (non-hydrogen) atoms. The Morgan fingerprint density at radius 2 is 1.28 bits per heavy atom. The number of hydrogen-bond acceptors (Lipinski definition) is 0. The molecule has 0 aliphatic rings. The molecule has 0 aromatic heterocycles. The van der Waals surface area contributed by atoms with Gasteiger partial charge in [-0.25, -0.2) is 0 Å². The largest absolute Gasteiger partial charge is 1.00 e. The third-order valence-corrected chi connectivity index (χ3v) is 4.49. The fourth-order valence-electron chi connectivity index (χ4n) is 3.14. The van der Waals surface area contributed by atoms with Crippen molar-refractivity contribution in [1.29, 1.82) is 0 Å². The molecule has 0 unspecified atom stereocenters. The summed E-state index contributed by atoms with van der Waals surface area (Å²) in [5.41, 5.74) is 5.46. The van der Waals surface area contributed by atoms with E-state index in [9.17, 15) is 0 Å². The van der Waals surface area contributed by atoms with Crippen molar-refractivity contribution in [3.8, 4) is 11.1 Å². The maximum Gasteiger partial charge on any atom is 1.00 e. The van der Waals surface area contributed by atoms with Crippen molar-refractivity contribution in [1.82, 2.24) is 0 Å². The van der Waals surface area contributed by atoms with Crippen molar-refractivity contribution in [2.45, 2.75) is 38.5 Å². The molecule has 0 N–H and O–H groups in total. The van der Waals surface area contributed by atoms with E-state index in [1.54, 1.807) is 0 Å². The van der Waals surface area contributed by atoms with Crippen molar-refractivity contribution in [3.63, 3.8) is 0 Å². The third kappa shape index (κ3) is 6.58. The van der Waals surface area contributed by atoms with Crippen LogP contribution in [-0.4, -0.2) is 0 Å². The van der Waals surface area contributed by atoms with Crippen molar-refractivity contribution in [3.05, 3.63) is 96.1 Å². The van der Waals surface area contributed by atoms with Gasteiger partial charge in [0.15, 0.2) is 0 Å². The second kappa shape index (κ2) is 11.0. The van der Waals surface area contributed by atoms with Crippen molar-refractivity contribution >= 4 is 0 Å². The van der Waals surface area contributed by atoms with Gasteiger partial charge in [-0.2, -0.15) is 30.3 Å². The molecule has 1 heteroatoms. The Morgan fingerprint density at radius 3 is 2.00 bits per heavy atom. The van der Waals surface area contributed by atoms with Gasteiger partial charge in [0.1, 0.15) is 0 Å². The van der Waals surface area contributed by atoms with Crippen LogP contribution in [0.2, 0.25) is 0 Å². The first-order chi connectivity index (χ1) is 11.9. The van der Waals surface area contributed by atoms with Crippen molar-refractivity contribution in [2.75, 3.05) is 0 Å². The van der Waals surface area contributed by atoms with E-state index in [2.05, 4.69) is 78.9 Å². The number of unbranched alkanes of at least 4 members (excludes halogenated alkanes) is 3. The minimum Gasteiger partial charge on any atom is -0.183 e. The summed E-state index contributed by atoms with van der Waals surface area (Å²) in [4.78, 5) is 0. The van der Waals surface area contributed by atoms with Crippen LogP contribution in [0.1, 0.15) is 36.8 Å². The average molecular weight is 320 g/mol. The standard InChI is InChI=1S/C24H25.Li/c1(5-12-21-13-7-3-8-14-21)2-6-15-22-16-11-19-24(20-22)23-17-9-4-10-18-23;/h3-4,7-9,11,13-14,16-20H,1-2,5-6,12,15H2;/q-1;+1. The summed E-state index contributed by atoms with van der Waals surface area (Å²) in [5, 5.41) is 0. The van der Waals surface area contributed by atoms with Crippen molar-refractivity contribution < 1.29 is 18.9 Å². The first kappa shape index (κ1) is 19.6. The smallest absolute Gasteiger partial charge is 0.183 e. The Hall–Kier alpha value is -1.74. The normalized spacial score (nSPS) is 10.2. The molecule has 3 rings (SSSR count). The molecule has 0 atom stereocenters. The van der Waals surface area contributed by atoms with Gasteiger partial charge in [-0.05, 0) is 36.8 Å². The Labute approximate surface area is 164 Å². The summed E-state index contributed by atoms with van der Waals surface area (Å²) < 4.78 is 0. The van der Waals surface area contributed by atoms with Crippen LogP contribution in [0.3, 0.4) is 0 Å². The number of rotatable bonds is 8. The van der Waals surface area contributed by atoms with Crippen LogP contribution in [0, 0.1) is 6.07 Å². The first-order valence-corrected chi connectivity index (χ1v) is 9.01. The van der Waals surface area contributed by atoms with Gasteiger partial charge in [0.05, 0.1) is 0 Å². The SMILES string of the molecule is [Li+].[c-]1cccc(-c2cccc(CCCCCCc3ccccc3)c2)c1. The van der Waals surface area contributed by atoms with E-state index >= 15 is 0 Å². The Balaban J connectivity index is 0.00000225. The fourth-order valence-corrected chi connectivity index (χ4v) is 3.14. The van der Waals surface area contributed by atoms with Gasteiger partial charge in [0.25, 0.3) is 0 Å². The van der Waals surface area contributed by atoms with Gasteiger partial charge in [0, 0.05) is 0 Å². The Morgan fingerprint density at radius 1 is 0.600 bits per heavy atom. The van der Waals surface area contributed by atoms with Crippen LogP contribution in [-0.2, 0) is 12.8 Å². The average Bonchev–Trinajstić information content (AvgIpc) is 2.66. The summed E-state index contributed by atoms with van der Waals surface area (Å²) in [6.45, 7) is 0. The molecule has 0 aliphatic carbocycles. The molecule has 0 amide bonds. The molecular formula is C24H25Li. The molecular weight excluding hydrogens is 295 g/mol. The van der Waals surface area contributed by atoms with Crippen LogP contribution < -0.4 is 18.9 Å². The zero-order valence-electron chi connectivity index (χ0n) is 15.2. The Kier molecular flexibility index (Phi) is 8.60. The molecule has 3 aromatic carbocycles. The molecule has 0 saturated heterocycles. The third-order valence-electron chi connectivity index (χ3n) is 4.49. The van der Waals surface area contributed by atoms with E-state index < -0.39 is 0 Å². The molecule has 0 nitrogen and oxygen atoms in total. The van der Waals surface area contributed by atoms with Gasteiger partial charge in [-0.3, -0.25) is 0 Å². The van der Waals surface area contributed by atoms with Crippen LogP contribution in [0.15, 0.2) is 78.9 Å². The van der Waals surface area contributed by atoms with Crippen LogP contribution >= 0.6 is 0 Å². The van der Waals surface area contributed by atoms with Gasteiger partial charge in [0.2, 0.25) is 0 Å². The number of hydrogen-bond donors (Lipinski definition) is 0. The molecule has 3 aromatic rings. The molecule has 0 spiro atoms. The number of aryl methyl sites for hydroxylation is 2. The van der Waals surface area contributed by atoms with Crippen LogP contribution in [0.4, 0.5) is 0 Å². The van der Waals surface area contributed by atoms with E-state index in [1.807, 2.05) is 6.07 Å². The van der Waals surface area contributed by atoms with Gasteiger partial charge in [-0.15, -0.1) is 5.56 Å². The second-order valence-electron chi connectivity index (χ2n) is 6.39. The quantitative estimate of drug-likeness (QED) is 0.338. The van der Waals surface area contributed by atoms with Crippen molar-refractivity contribution in [2.24, 2.45) is 0 Å². The monoisotopic (exact) mass is 320 g/mol. The Bertz CT molecular complexity index is 719. The maximum absolute atomic E-state index is 3.16. The summed E-state index contributed by atoms with van der Waals surface area (Å²) >= 11 is 0. The maximum atomic E-state index is 3.16. The molecule has 0 aliphatic heterocycles. The molecule has 0 bridgehead atoms. The molecule has 0 saturated carbocycles. The van der Waals surface area contributed by atoms with E-state index in [0.29, 0.717) is 0 Å². The van der Waals surface area contributed by atoms with E-state index in [4.69, 9.17) is 0 Å². The first-order valence-electron chi connectivity index (χ1n) is 9.01. The number of benzene rings is 3. The zero-order valence-corrected chi connectivity index (χ0v) is 15.2. The fraction of sp³-hybridized carbons (Fsp3) is 0.250.